The predicted molar refractivity (Wildman–Crippen MR) is 83.3 cm³/mol. The Morgan fingerprint density at radius 2 is 1.70 bits per heavy atom. The molecule has 5 heteroatoms. The molecule has 0 saturated heterocycles. The van der Waals surface area contributed by atoms with E-state index >= 15 is 0 Å². The molecule has 1 aliphatic carbocycles. The van der Waals surface area contributed by atoms with Crippen LogP contribution in [0.5, 0.6) is 0 Å². The molecule has 2 amide bonds. The average molecular weight is 315 g/mol. The molecule has 0 unspecified atom stereocenters. The second-order valence-electron chi connectivity index (χ2n) is 7.47. The van der Waals surface area contributed by atoms with Gasteiger partial charge in [0.15, 0.2) is 0 Å². The summed E-state index contributed by atoms with van der Waals surface area (Å²) in [6, 6.07) is 6.49. The Balaban J connectivity index is 1.74. The van der Waals surface area contributed by atoms with Crippen molar-refractivity contribution in [3.05, 3.63) is 35.4 Å². The first-order valence-electron chi connectivity index (χ1n) is 7.98. The van der Waals surface area contributed by atoms with Crippen LogP contribution in [0, 0.1) is 17.3 Å². The molecule has 3 rings (SSSR count). The van der Waals surface area contributed by atoms with Gasteiger partial charge in [-0.15, -0.1) is 0 Å². The summed E-state index contributed by atoms with van der Waals surface area (Å²) in [6.45, 7) is 6.37. The number of hydrogen-bond acceptors (Lipinski definition) is 4. The van der Waals surface area contributed by atoms with E-state index < -0.39 is 17.8 Å². The minimum Gasteiger partial charge on any atom is -0.329 e. The van der Waals surface area contributed by atoms with Gasteiger partial charge in [0, 0.05) is 0 Å². The molecule has 1 heterocycles. The maximum absolute atomic E-state index is 12.5. The number of hydroxylamine groups is 2. The lowest BCUT2D eigenvalue weighted by atomic mass is 9.68. The minimum absolute atomic E-state index is 0.0589. The number of imide groups is 1. The molecule has 1 aliphatic heterocycles. The second kappa shape index (κ2) is 5.48. The standard InChI is InChI=1S/C18H21NO4/c1-11-8-12(10-18(2,3)9-11)17(22)23-19-15(20)13-6-4-5-7-14(13)16(19)21/h4-7,11-12H,8-10H2,1-3H3/t11-,12+/m0/s1. The van der Waals surface area contributed by atoms with Gasteiger partial charge in [0.05, 0.1) is 17.0 Å². The van der Waals surface area contributed by atoms with Crippen molar-refractivity contribution >= 4 is 17.8 Å². The van der Waals surface area contributed by atoms with Gasteiger partial charge >= 0.3 is 5.97 Å². The van der Waals surface area contributed by atoms with E-state index in [0.717, 1.165) is 12.8 Å². The van der Waals surface area contributed by atoms with E-state index in [9.17, 15) is 14.4 Å². The molecule has 0 radical (unpaired) electrons. The zero-order valence-corrected chi connectivity index (χ0v) is 13.7. The van der Waals surface area contributed by atoms with Gasteiger partial charge in [-0.1, -0.05) is 38.0 Å². The SMILES string of the molecule is C[C@H]1C[C@@H](C(=O)ON2C(=O)c3ccccc3C2=O)CC(C)(C)C1. The van der Waals surface area contributed by atoms with E-state index in [4.69, 9.17) is 4.84 Å². The molecule has 0 spiro atoms. The maximum atomic E-state index is 12.5. The number of fused-ring (bicyclic) bond motifs is 1. The Kier molecular flexibility index (Phi) is 3.74. The molecule has 1 aromatic carbocycles. The summed E-state index contributed by atoms with van der Waals surface area (Å²) in [5.41, 5.74) is 0.619. The highest BCUT2D eigenvalue weighted by molar-refractivity contribution is 6.20. The van der Waals surface area contributed by atoms with Gasteiger partial charge in [-0.3, -0.25) is 9.59 Å². The number of amides is 2. The molecular formula is C18H21NO4. The van der Waals surface area contributed by atoms with Crippen LogP contribution >= 0.6 is 0 Å². The van der Waals surface area contributed by atoms with Crippen LogP contribution in [0.25, 0.3) is 0 Å². The van der Waals surface area contributed by atoms with E-state index in [1.807, 2.05) is 0 Å². The smallest absolute Gasteiger partial charge is 0.329 e. The fourth-order valence-corrected chi connectivity index (χ4v) is 3.94. The van der Waals surface area contributed by atoms with Gasteiger partial charge < -0.3 is 4.84 Å². The number of carbonyl (C=O) groups is 3. The van der Waals surface area contributed by atoms with E-state index in [1.54, 1.807) is 24.3 Å². The topological polar surface area (TPSA) is 63.7 Å². The molecule has 23 heavy (non-hydrogen) atoms. The third-order valence-corrected chi connectivity index (χ3v) is 4.66. The van der Waals surface area contributed by atoms with Gasteiger partial charge in [-0.05, 0) is 42.7 Å². The Labute approximate surface area is 135 Å². The van der Waals surface area contributed by atoms with E-state index in [-0.39, 0.29) is 22.5 Å². The van der Waals surface area contributed by atoms with Crippen molar-refractivity contribution in [2.45, 2.75) is 40.0 Å². The molecule has 1 saturated carbocycles. The summed E-state index contributed by atoms with van der Waals surface area (Å²) in [5.74, 6) is -1.49. The molecule has 0 bridgehead atoms. The first-order valence-corrected chi connectivity index (χ1v) is 7.98. The summed E-state index contributed by atoms with van der Waals surface area (Å²) in [4.78, 5) is 42.1. The van der Waals surface area contributed by atoms with Crippen molar-refractivity contribution in [1.29, 1.82) is 0 Å². The van der Waals surface area contributed by atoms with Gasteiger partial charge in [0.25, 0.3) is 11.8 Å². The number of rotatable bonds is 2. The molecule has 2 atom stereocenters. The van der Waals surface area contributed by atoms with Crippen molar-refractivity contribution in [2.24, 2.45) is 17.3 Å². The van der Waals surface area contributed by atoms with Crippen LogP contribution in [-0.2, 0) is 9.63 Å². The van der Waals surface area contributed by atoms with Gasteiger partial charge in [0.1, 0.15) is 0 Å². The lowest BCUT2D eigenvalue weighted by Gasteiger charge is -2.37. The highest BCUT2D eigenvalue weighted by Crippen LogP contribution is 2.42. The number of hydrogen-bond donors (Lipinski definition) is 0. The molecular weight excluding hydrogens is 294 g/mol. The molecule has 122 valence electrons. The molecule has 1 fully saturated rings. The highest BCUT2D eigenvalue weighted by atomic mass is 16.7. The van der Waals surface area contributed by atoms with Crippen LogP contribution in [-0.4, -0.2) is 22.8 Å². The summed E-state index contributed by atoms with van der Waals surface area (Å²) in [6.07, 6.45) is 2.49. The summed E-state index contributed by atoms with van der Waals surface area (Å²) < 4.78 is 0. The van der Waals surface area contributed by atoms with Crippen LogP contribution in [0.15, 0.2) is 24.3 Å². The Hall–Kier alpha value is -2.17. The summed E-state index contributed by atoms with van der Waals surface area (Å²) in [7, 11) is 0. The quantitative estimate of drug-likeness (QED) is 0.786. The molecule has 0 aromatic heterocycles. The van der Waals surface area contributed by atoms with Crippen LogP contribution in [0.4, 0.5) is 0 Å². The third kappa shape index (κ3) is 2.87. The molecule has 5 nitrogen and oxygen atoms in total. The predicted octanol–water partition coefficient (Wildman–Crippen LogP) is 3.20. The van der Waals surface area contributed by atoms with Crippen LogP contribution < -0.4 is 0 Å². The first-order chi connectivity index (χ1) is 10.8. The third-order valence-electron chi connectivity index (χ3n) is 4.66. The van der Waals surface area contributed by atoms with Crippen LogP contribution in [0.1, 0.15) is 60.7 Å². The van der Waals surface area contributed by atoms with E-state index in [1.165, 1.54) is 0 Å². The van der Waals surface area contributed by atoms with Crippen LogP contribution in [0.2, 0.25) is 0 Å². The minimum atomic E-state index is -0.568. The van der Waals surface area contributed by atoms with Gasteiger partial charge in [-0.2, -0.15) is 0 Å². The molecule has 0 N–H and O–H groups in total. The monoisotopic (exact) mass is 315 g/mol. The first kappa shape index (κ1) is 15.7. The zero-order chi connectivity index (χ0) is 16.8. The Bertz CT molecular complexity index is 644. The van der Waals surface area contributed by atoms with Crippen molar-refractivity contribution in [3.63, 3.8) is 0 Å². The molecule has 1 aromatic rings. The van der Waals surface area contributed by atoms with E-state index in [0.29, 0.717) is 17.4 Å². The lowest BCUT2D eigenvalue weighted by Crippen LogP contribution is -2.38. The fraction of sp³-hybridized carbons (Fsp3) is 0.500. The van der Waals surface area contributed by atoms with Crippen molar-refractivity contribution in [1.82, 2.24) is 5.06 Å². The highest BCUT2D eigenvalue weighted by Gasteiger charge is 2.42. The normalized spacial score (nSPS) is 26.1. The number of nitrogens with zero attached hydrogens (tertiary/aromatic N) is 1. The van der Waals surface area contributed by atoms with Crippen molar-refractivity contribution in [2.75, 3.05) is 0 Å². The zero-order valence-electron chi connectivity index (χ0n) is 13.7. The van der Waals surface area contributed by atoms with Gasteiger partial charge in [0.2, 0.25) is 0 Å². The van der Waals surface area contributed by atoms with Crippen LogP contribution in [0.3, 0.4) is 0 Å². The fourth-order valence-electron chi connectivity index (χ4n) is 3.94. The Morgan fingerprint density at radius 3 is 2.22 bits per heavy atom. The number of benzene rings is 1. The molecule has 2 aliphatic rings. The number of carbonyl (C=O) groups excluding carboxylic acids is 3. The van der Waals surface area contributed by atoms with Crippen molar-refractivity contribution in [3.8, 4) is 0 Å². The maximum Gasteiger partial charge on any atom is 0.336 e. The largest absolute Gasteiger partial charge is 0.336 e. The van der Waals surface area contributed by atoms with Crippen molar-refractivity contribution < 1.29 is 19.2 Å². The Morgan fingerprint density at radius 1 is 1.13 bits per heavy atom. The van der Waals surface area contributed by atoms with E-state index in [2.05, 4.69) is 20.8 Å². The van der Waals surface area contributed by atoms with Gasteiger partial charge in [-0.25, -0.2) is 4.79 Å². The average Bonchev–Trinajstić information content (AvgIpc) is 2.71. The summed E-state index contributed by atoms with van der Waals surface area (Å²) >= 11 is 0. The lowest BCUT2D eigenvalue weighted by molar-refractivity contribution is -0.177. The summed E-state index contributed by atoms with van der Waals surface area (Å²) in [5, 5.41) is 0.610. The second-order valence-corrected chi connectivity index (χ2v) is 7.47.